The molecule has 180 valence electrons. The minimum absolute atomic E-state index is 0.0831. The van der Waals surface area contributed by atoms with Gasteiger partial charge in [-0.25, -0.2) is 0 Å². The summed E-state index contributed by atoms with van der Waals surface area (Å²) in [5.41, 5.74) is 1.49. The molecule has 1 aliphatic carbocycles. The second kappa shape index (κ2) is 10.7. The summed E-state index contributed by atoms with van der Waals surface area (Å²) in [5.74, 6) is 1.47. The van der Waals surface area contributed by atoms with E-state index in [-0.39, 0.29) is 17.7 Å². The van der Waals surface area contributed by atoms with E-state index < -0.39 is 5.92 Å². The summed E-state index contributed by atoms with van der Waals surface area (Å²) in [7, 11) is 1.72. The molecule has 3 rings (SSSR count). The van der Waals surface area contributed by atoms with Crippen molar-refractivity contribution in [2.24, 2.45) is 11.8 Å². The van der Waals surface area contributed by atoms with Crippen LogP contribution in [0.3, 0.4) is 0 Å². The van der Waals surface area contributed by atoms with Crippen LogP contribution in [0.5, 0.6) is 0 Å². The van der Waals surface area contributed by atoms with Crippen LogP contribution in [0.4, 0.5) is 5.69 Å². The monoisotopic (exact) mass is 473 g/mol. The highest BCUT2D eigenvalue weighted by Crippen LogP contribution is 2.40. The molecule has 33 heavy (non-hydrogen) atoms. The summed E-state index contributed by atoms with van der Waals surface area (Å²) in [6, 6.07) is 5.86. The Morgan fingerprint density at radius 1 is 1.24 bits per heavy atom. The zero-order valence-corrected chi connectivity index (χ0v) is 21.3. The SMILES string of the molecule is CC(=O)N(C)C[C@H](C(=O)Nc1cccc(Cl)c1C)[C@H](C)c1nnc(CCC(C)C)n1C1CC1. The summed E-state index contributed by atoms with van der Waals surface area (Å²) < 4.78 is 2.26. The van der Waals surface area contributed by atoms with Crippen molar-refractivity contribution in [1.29, 1.82) is 0 Å². The Kier molecular flexibility index (Phi) is 8.16. The number of rotatable bonds is 10. The Morgan fingerprint density at radius 3 is 2.55 bits per heavy atom. The van der Waals surface area contributed by atoms with Crippen molar-refractivity contribution < 1.29 is 9.59 Å². The van der Waals surface area contributed by atoms with Crippen LogP contribution >= 0.6 is 11.6 Å². The van der Waals surface area contributed by atoms with Gasteiger partial charge >= 0.3 is 0 Å². The number of carbonyl (C=O) groups excluding carboxylic acids is 2. The van der Waals surface area contributed by atoms with Gasteiger partial charge in [0.25, 0.3) is 0 Å². The number of carbonyl (C=O) groups is 2. The van der Waals surface area contributed by atoms with Gasteiger partial charge in [0.05, 0.1) is 5.92 Å². The average molecular weight is 474 g/mol. The molecule has 0 aliphatic heterocycles. The fraction of sp³-hybridized carbons (Fsp3) is 0.600. The molecule has 2 amide bonds. The number of aryl methyl sites for hydroxylation is 1. The predicted octanol–water partition coefficient (Wildman–Crippen LogP) is 5.00. The number of amides is 2. The van der Waals surface area contributed by atoms with E-state index in [0.29, 0.717) is 29.2 Å². The summed E-state index contributed by atoms with van der Waals surface area (Å²) >= 11 is 6.25. The molecule has 7 nitrogen and oxygen atoms in total. The van der Waals surface area contributed by atoms with E-state index in [2.05, 4.69) is 33.9 Å². The zero-order chi connectivity index (χ0) is 24.3. The van der Waals surface area contributed by atoms with E-state index in [4.69, 9.17) is 11.6 Å². The van der Waals surface area contributed by atoms with Crippen molar-refractivity contribution in [2.75, 3.05) is 18.9 Å². The maximum absolute atomic E-state index is 13.5. The van der Waals surface area contributed by atoms with Crippen molar-refractivity contribution in [2.45, 2.75) is 72.3 Å². The topological polar surface area (TPSA) is 80.1 Å². The fourth-order valence-corrected chi connectivity index (χ4v) is 4.18. The van der Waals surface area contributed by atoms with Gasteiger partial charge in [-0.2, -0.15) is 0 Å². The highest BCUT2D eigenvalue weighted by Gasteiger charge is 2.36. The summed E-state index contributed by atoms with van der Waals surface area (Å²) in [6.45, 7) is 10.1. The van der Waals surface area contributed by atoms with E-state index in [1.807, 2.05) is 26.0 Å². The van der Waals surface area contributed by atoms with Crippen LogP contribution in [0.2, 0.25) is 5.02 Å². The lowest BCUT2D eigenvalue weighted by Crippen LogP contribution is -2.39. The summed E-state index contributed by atoms with van der Waals surface area (Å²) in [5, 5.41) is 12.7. The Bertz CT molecular complexity index is 999. The Hall–Kier alpha value is -2.41. The van der Waals surface area contributed by atoms with Gasteiger partial charge in [0.1, 0.15) is 11.6 Å². The van der Waals surface area contributed by atoms with Crippen molar-refractivity contribution in [1.82, 2.24) is 19.7 Å². The van der Waals surface area contributed by atoms with Gasteiger partial charge in [-0.3, -0.25) is 9.59 Å². The molecule has 8 heteroatoms. The molecule has 0 saturated heterocycles. The second-order valence-electron chi connectivity index (χ2n) is 9.70. The number of aromatic nitrogens is 3. The average Bonchev–Trinajstić information content (AvgIpc) is 3.51. The van der Waals surface area contributed by atoms with Crippen molar-refractivity contribution in [3.8, 4) is 0 Å². The van der Waals surface area contributed by atoms with Gasteiger partial charge in [0, 0.05) is 49.6 Å². The van der Waals surface area contributed by atoms with E-state index in [1.165, 1.54) is 6.92 Å². The summed E-state index contributed by atoms with van der Waals surface area (Å²) in [6.07, 6.45) is 4.14. The highest BCUT2D eigenvalue weighted by molar-refractivity contribution is 6.31. The van der Waals surface area contributed by atoms with Crippen molar-refractivity contribution >= 4 is 29.1 Å². The van der Waals surface area contributed by atoms with E-state index >= 15 is 0 Å². The van der Waals surface area contributed by atoms with E-state index in [0.717, 1.165) is 42.9 Å². The predicted molar refractivity (Wildman–Crippen MR) is 131 cm³/mol. The van der Waals surface area contributed by atoms with Crippen LogP contribution in [-0.4, -0.2) is 45.1 Å². The van der Waals surface area contributed by atoms with Crippen LogP contribution in [0, 0.1) is 18.8 Å². The standard InChI is InChI=1S/C25H36ClN5O2/c1-15(2)10-13-23-28-29-24(31(23)19-11-12-19)16(3)20(14-30(6)18(5)32)25(33)27-22-9-7-8-21(26)17(22)4/h7-9,15-16,19-20H,10-14H2,1-6H3,(H,27,33)/t16-,20-/m0/s1. The molecule has 2 aromatic rings. The molecule has 2 atom stereocenters. The maximum atomic E-state index is 13.5. The van der Waals surface area contributed by atoms with E-state index in [9.17, 15) is 9.59 Å². The lowest BCUT2D eigenvalue weighted by Gasteiger charge is -2.28. The number of anilines is 1. The molecule has 0 unspecified atom stereocenters. The molecular weight excluding hydrogens is 438 g/mol. The van der Waals surface area contributed by atoms with Gasteiger partial charge in [0.15, 0.2) is 0 Å². The van der Waals surface area contributed by atoms with Gasteiger partial charge in [-0.05, 0) is 49.8 Å². The van der Waals surface area contributed by atoms with Gasteiger partial charge in [0.2, 0.25) is 11.8 Å². The Morgan fingerprint density at radius 2 is 1.94 bits per heavy atom. The number of benzene rings is 1. The first-order valence-electron chi connectivity index (χ1n) is 11.8. The minimum atomic E-state index is -0.489. The number of hydrogen-bond donors (Lipinski definition) is 1. The number of nitrogens with zero attached hydrogens (tertiary/aromatic N) is 4. The number of halogens is 1. The Labute approximate surface area is 201 Å². The van der Waals surface area contributed by atoms with E-state index in [1.54, 1.807) is 18.0 Å². The summed E-state index contributed by atoms with van der Waals surface area (Å²) in [4.78, 5) is 27.1. The van der Waals surface area contributed by atoms with Crippen molar-refractivity contribution in [3.05, 3.63) is 40.4 Å². The minimum Gasteiger partial charge on any atom is -0.345 e. The zero-order valence-electron chi connectivity index (χ0n) is 20.6. The quantitative estimate of drug-likeness (QED) is 0.526. The first kappa shape index (κ1) is 25.2. The largest absolute Gasteiger partial charge is 0.345 e. The third-order valence-corrected chi connectivity index (χ3v) is 6.94. The molecule has 0 radical (unpaired) electrons. The van der Waals surface area contributed by atoms with Crippen molar-refractivity contribution in [3.63, 3.8) is 0 Å². The molecular formula is C25H36ClN5O2. The van der Waals surface area contributed by atoms with Gasteiger partial charge in [-0.15, -0.1) is 10.2 Å². The lowest BCUT2D eigenvalue weighted by atomic mass is 9.91. The Balaban J connectivity index is 1.91. The second-order valence-corrected chi connectivity index (χ2v) is 10.1. The molecule has 1 saturated carbocycles. The molecule has 1 heterocycles. The highest BCUT2D eigenvalue weighted by atomic mass is 35.5. The maximum Gasteiger partial charge on any atom is 0.230 e. The van der Waals surface area contributed by atoms with Gasteiger partial charge < -0.3 is 14.8 Å². The third-order valence-electron chi connectivity index (χ3n) is 6.53. The normalized spacial score (nSPS) is 15.4. The number of nitrogens with one attached hydrogen (secondary N) is 1. The van der Waals surface area contributed by atoms with Crippen LogP contribution in [0.25, 0.3) is 0 Å². The molecule has 1 N–H and O–H groups in total. The smallest absolute Gasteiger partial charge is 0.230 e. The van der Waals surface area contributed by atoms with Gasteiger partial charge in [-0.1, -0.05) is 38.4 Å². The van der Waals surface area contributed by atoms with Crippen LogP contribution in [0.15, 0.2) is 18.2 Å². The molecule has 0 spiro atoms. The number of hydrogen-bond acceptors (Lipinski definition) is 4. The molecule has 1 aromatic heterocycles. The lowest BCUT2D eigenvalue weighted by molar-refractivity contribution is -0.129. The molecule has 1 fully saturated rings. The first-order chi connectivity index (χ1) is 15.6. The first-order valence-corrected chi connectivity index (χ1v) is 12.2. The molecule has 1 aliphatic rings. The van der Waals surface area contributed by atoms with Crippen LogP contribution in [0.1, 0.15) is 76.1 Å². The fourth-order valence-electron chi connectivity index (χ4n) is 4.01. The molecule has 1 aromatic carbocycles. The van der Waals surface area contributed by atoms with Crippen LogP contribution in [-0.2, 0) is 16.0 Å². The third kappa shape index (κ3) is 6.14. The molecule has 0 bridgehead atoms. The van der Waals surface area contributed by atoms with Crippen LogP contribution < -0.4 is 5.32 Å².